The van der Waals surface area contributed by atoms with Gasteiger partial charge in [0, 0.05) is 25.5 Å². The van der Waals surface area contributed by atoms with E-state index < -0.39 is 0 Å². The first-order valence-corrected chi connectivity index (χ1v) is 8.50. The van der Waals surface area contributed by atoms with Crippen molar-refractivity contribution in [1.29, 1.82) is 0 Å². The molecule has 0 spiro atoms. The molecule has 0 amide bonds. The molecule has 10 heteroatoms. The zero-order valence-electron chi connectivity index (χ0n) is 14.4. The van der Waals surface area contributed by atoms with Crippen LogP contribution in [0.3, 0.4) is 0 Å². The molecule has 1 aromatic carbocycles. The number of aromatic nitrogens is 8. The second-order valence-electron chi connectivity index (χ2n) is 6.14. The first-order chi connectivity index (χ1) is 12.9. The molecule has 1 aliphatic rings. The normalized spacial score (nSPS) is 13.2. The molecule has 0 fully saturated rings. The highest BCUT2D eigenvalue weighted by Gasteiger charge is 2.17. The van der Waals surface area contributed by atoms with E-state index in [9.17, 15) is 0 Å². The highest BCUT2D eigenvalue weighted by Crippen LogP contribution is 2.20. The lowest BCUT2D eigenvalue weighted by atomic mass is 10.3. The highest BCUT2D eigenvalue weighted by atomic mass is 35.5. The molecular weight excluding hydrogens is 366 g/mol. The summed E-state index contributed by atoms with van der Waals surface area (Å²) >= 11 is 0. The molecule has 0 bridgehead atoms. The smallest absolute Gasteiger partial charge is 0.176 e. The van der Waals surface area contributed by atoms with Crippen molar-refractivity contribution in [3.8, 4) is 17.2 Å². The lowest BCUT2D eigenvalue weighted by Crippen LogP contribution is -2.28. The molecule has 0 saturated carbocycles. The second kappa shape index (κ2) is 7.29. The van der Waals surface area contributed by atoms with Gasteiger partial charge in [-0.25, -0.2) is 4.98 Å². The van der Waals surface area contributed by atoms with Gasteiger partial charge in [-0.2, -0.15) is 9.78 Å². The van der Waals surface area contributed by atoms with E-state index in [1.165, 1.54) is 5.69 Å². The van der Waals surface area contributed by atoms with Gasteiger partial charge in [-0.3, -0.25) is 4.68 Å². The Morgan fingerprint density at radius 1 is 1.15 bits per heavy atom. The van der Waals surface area contributed by atoms with Gasteiger partial charge in [0.1, 0.15) is 5.69 Å². The molecule has 27 heavy (non-hydrogen) atoms. The quantitative estimate of drug-likeness (QED) is 0.571. The third-order valence-electron chi connectivity index (χ3n) is 4.46. The molecule has 1 N–H and O–H groups in total. The van der Waals surface area contributed by atoms with E-state index in [2.05, 4.69) is 31.9 Å². The Morgan fingerprint density at radius 3 is 2.89 bits per heavy atom. The summed E-state index contributed by atoms with van der Waals surface area (Å²) in [6.45, 7) is 3.16. The van der Waals surface area contributed by atoms with Crippen molar-refractivity contribution in [1.82, 2.24) is 44.9 Å². The van der Waals surface area contributed by atoms with E-state index in [0.29, 0.717) is 6.54 Å². The number of tetrazole rings is 1. The Balaban J connectivity index is 0.00000180. The van der Waals surface area contributed by atoms with E-state index >= 15 is 0 Å². The summed E-state index contributed by atoms with van der Waals surface area (Å²) in [5.74, 6) is 1.55. The van der Waals surface area contributed by atoms with Crippen LogP contribution in [0.5, 0.6) is 0 Å². The van der Waals surface area contributed by atoms with Gasteiger partial charge in [0.15, 0.2) is 11.6 Å². The van der Waals surface area contributed by atoms with Crippen molar-refractivity contribution in [2.45, 2.75) is 19.6 Å². The number of nitrogens with zero attached hydrogens (tertiary/aromatic N) is 8. The fourth-order valence-corrected chi connectivity index (χ4v) is 3.20. The zero-order valence-corrected chi connectivity index (χ0v) is 15.2. The summed E-state index contributed by atoms with van der Waals surface area (Å²) in [6, 6.07) is 11.9. The van der Waals surface area contributed by atoms with Crippen molar-refractivity contribution < 1.29 is 0 Å². The van der Waals surface area contributed by atoms with Crippen LogP contribution in [0.4, 0.5) is 0 Å². The Bertz CT molecular complexity index is 1010. The minimum absolute atomic E-state index is 0. The number of fused-ring (bicyclic) bond motifs is 1. The van der Waals surface area contributed by atoms with Crippen molar-refractivity contribution in [2.75, 3.05) is 6.54 Å². The van der Waals surface area contributed by atoms with Crippen LogP contribution in [-0.4, -0.2) is 46.1 Å². The second-order valence-corrected chi connectivity index (χ2v) is 6.14. The van der Waals surface area contributed by atoms with Crippen LogP contribution in [0.25, 0.3) is 17.2 Å². The fourth-order valence-electron chi connectivity index (χ4n) is 3.20. The lowest BCUT2D eigenvalue weighted by molar-refractivity contribution is 0.476. The Morgan fingerprint density at radius 2 is 2.04 bits per heavy atom. The number of hydrogen-bond acceptors (Lipinski definition) is 6. The van der Waals surface area contributed by atoms with Crippen molar-refractivity contribution in [2.24, 2.45) is 0 Å². The van der Waals surface area contributed by atoms with Crippen LogP contribution in [0.15, 0.2) is 48.8 Å². The van der Waals surface area contributed by atoms with Crippen LogP contribution in [0.1, 0.15) is 11.5 Å². The topological polar surface area (TPSA) is 91.3 Å². The van der Waals surface area contributed by atoms with Gasteiger partial charge >= 0.3 is 0 Å². The third-order valence-corrected chi connectivity index (χ3v) is 4.46. The van der Waals surface area contributed by atoms with Gasteiger partial charge in [-0.1, -0.05) is 18.2 Å². The molecule has 1 aliphatic heterocycles. The largest absolute Gasteiger partial charge is 0.322 e. The minimum atomic E-state index is 0. The van der Waals surface area contributed by atoms with Crippen LogP contribution in [0.2, 0.25) is 0 Å². The molecule has 0 radical (unpaired) electrons. The van der Waals surface area contributed by atoms with Crippen molar-refractivity contribution in [3.63, 3.8) is 0 Å². The van der Waals surface area contributed by atoms with Gasteiger partial charge in [0.2, 0.25) is 0 Å². The van der Waals surface area contributed by atoms with Crippen LogP contribution in [-0.2, 0) is 19.6 Å². The average Bonchev–Trinajstić information content (AvgIpc) is 3.41. The van der Waals surface area contributed by atoms with E-state index in [4.69, 9.17) is 5.10 Å². The van der Waals surface area contributed by atoms with Gasteiger partial charge in [0.25, 0.3) is 0 Å². The van der Waals surface area contributed by atoms with E-state index in [0.717, 1.165) is 42.7 Å². The number of hydrogen-bond donors (Lipinski definition) is 1. The maximum atomic E-state index is 4.70. The van der Waals surface area contributed by atoms with Crippen molar-refractivity contribution in [3.05, 3.63) is 60.3 Å². The molecular formula is C17H18ClN9. The summed E-state index contributed by atoms with van der Waals surface area (Å²) in [4.78, 5) is 4.50. The Kier molecular flexibility index (Phi) is 4.69. The summed E-state index contributed by atoms with van der Waals surface area (Å²) in [5, 5.41) is 20.2. The van der Waals surface area contributed by atoms with Gasteiger partial charge in [-0.15, -0.1) is 17.5 Å². The SMILES string of the molecule is Cl.c1ccc(-n2nnnc2Cn2ccnc2-c2cc3n(n2)CCNC3)cc1. The summed E-state index contributed by atoms with van der Waals surface area (Å²) < 4.78 is 5.80. The van der Waals surface area contributed by atoms with Gasteiger partial charge < -0.3 is 9.88 Å². The third kappa shape index (κ3) is 3.22. The first kappa shape index (κ1) is 17.4. The maximum Gasteiger partial charge on any atom is 0.176 e. The number of imidazole rings is 1. The fraction of sp³-hybridized carbons (Fsp3) is 0.235. The number of halogens is 1. The van der Waals surface area contributed by atoms with Gasteiger partial charge in [0.05, 0.1) is 24.5 Å². The molecule has 0 aliphatic carbocycles. The van der Waals surface area contributed by atoms with Crippen LogP contribution >= 0.6 is 12.4 Å². The van der Waals surface area contributed by atoms with Crippen LogP contribution in [0, 0.1) is 0 Å². The molecule has 5 rings (SSSR count). The Labute approximate surface area is 161 Å². The summed E-state index contributed by atoms with van der Waals surface area (Å²) in [7, 11) is 0. The minimum Gasteiger partial charge on any atom is -0.322 e. The molecule has 9 nitrogen and oxygen atoms in total. The molecule has 0 unspecified atom stereocenters. The molecule has 0 saturated heterocycles. The predicted octanol–water partition coefficient (Wildman–Crippen LogP) is 1.30. The molecule has 3 aromatic heterocycles. The number of benzene rings is 1. The zero-order chi connectivity index (χ0) is 17.3. The number of rotatable bonds is 4. The predicted molar refractivity (Wildman–Crippen MR) is 101 cm³/mol. The van der Waals surface area contributed by atoms with Crippen molar-refractivity contribution >= 4 is 12.4 Å². The molecule has 4 aromatic rings. The van der Waals surface area contributed by atoms with E-state index in [-0.39, 0.29) is 12.4 Å². The van der Waals surface area contributed by atoms with Gasteiger partial charge in [-0.05, 0) is 28.6 Å². The monoisotopic (exact) mass is 383 g/mol. The van der Waals surface area contributed by atoms with E-state index in [1.54, 1.807) is 10.9 Å². The highest BCUT2D eigenvalue weighted by molar-refractivity contribution is 5.85. The molecule has 0 atom stereocenters. The Hall–Kier alpha value is -3.04. The molecule has 4 heterocycles. The number of nitrogens with one attached hydrogen (secondary N) is 1. The number of para-hydroxylation sites is 1. The van der Waals surface area contributed by atoms with Crippen LogP contribution < -0.4 is 5.32 Å². The first-order valence-electron chi connectivity index (χ1n) is 8.50. The maximum absolute atomic E-state index is 4.70. The molecule has 138 valence electrons. The summed E-state index contributed by atoms with van der Waals surface area (Å²) in [6.07, 6.45) is 3.71. The standard InChI is InChI=1S/C17H17N9.ClH/c1-2-4-13(5-3-1)26-16(20-22-23-26)12-24-8-7-19-17(24)15-10-14-11-18-6-9-25(14)21-15;/h1-5,7-8,10,18H,6,9,11-12H2;1H. The van der Waals surface area contributed by atoms with E-state index in [1.807, 2.05) is 45.8 Å². The average molecular weight is 384 g/mol. The summed E-state index contributed by atoms with van der Waals surface area (Å²) in [5.41, 5.74) is 2.97. The lowest BCUT2D eigenvalue weighted by Gasteiger charge is -2.13.